The number of aliphatic hydroxyl groups is 1. The second-order valence-corrected chi connectivity index (χ2v) is 6.28. The lowest BCUT2D eigenvalue weighted by molar-refractivity contribution is -0.172. The molecule has 4 nitrogen and oxygen atoms in total. The molecule has 19 heavy (non-hydrogen) atoms. The normalized spacial score (nSPS) is 29.3. The molecule has 0 bridgehead atoms. The number of hydrogen-bond acceptors (Lipinski definition) is 3. The Morgan fingerprint density at radius 2 is 1.95 bits per heavy atom. The van der Waals surface area contributed by atoms with E-state index in [0.29, 0.717) is 0 Å². The van der Waals surface area contributed by atoms with E-state index in [1.54, 1.807) is 0 Å². The summed E-state index contributed by atoms with van der Waals surface area (Å²) in [5.74, 6) is 0.921. The third kappa shape index (κ3) is 1.88. The lowest BCUT2D eigenvalue weighted by atomic mass is 9.56. The van der Waals surface area contributed by atoms with Crippen LogP contribution in [-0.2, 0) is 7.05 Å². The lowest BCUT2D eigenvalue weighted by Crippen LogP contribution is -2.60. The molecule has 106 valence electrons. The summed E-state index contributed by atoms with van der Waals surface area (Å²) in [4.78, 5) is 0. The van der Waals surface area contributed by atoms with Crippen molar-refractivity contribution in [2.45, 2.75) is 64.6 Å². The van der Waals surface area contributed by atoms with Crippen molar-refractivity contribution < 1.29 is 9.84 Å². The highest BCUT2D eigenvalue weighted by molar-refractivity contribution is 5.32. The van der Waals surface area contributed by atoms with Gasteiger partial charge in [0, 0.05) is 18.9 Å². The predicted molar refractivity (Wildman–Crippen MR) is 73.2 cm³/mol. The minimum atomic E-state index is -0.171. The van der Waals surface area contributed by atoms with Gasteiger partial charge in [0.2, 0.25) is 0 Å². The Labute approximate surface area is 114 Å². The summed E-state index contributed by atoms with van der Waals surface area (Å²) in [6, 6.07) is 0. The molecule has 1 spiro atoms. The van der Waals surface area contributed by atoms with E-state index in [-0.39, 0.29) is 17.6 Å². The van der Waals surface area contributed by atoms with Crippen molar-refractivity contribution >= 4 is 0 Å². The number of rotatable bonds is 2. The molecule has 2 aliphatic rings. The maximum atomic E-state index is 10.2. The average molecular weight is 264 g/mol. The Morgan fingerprint density at radius 1 is 1.26 bits per heavy atom. The number of aryl methyl sites for hydroxylation is 2. The van der Waals surface area contributed by atoms with Crippen molar-refractivity contribution in [2.75, 3.05) is 0 Å². The van der Waals surface area contributed by atoms with E-state index in [1.165, 1.54) is 19.3 Å². The summed E-state index contributed by atoms with van der Waals surface area (Å²) >= 11 is 0. The van der Waals surface area contributed by atoms with E-state index >= 15 is 0 Å². The van der Waals surface area contributed by atoms with Gasteiger partial charge in [0.15, 0.2) is 5.75 Å². The van der Waals surface area contributed by atoms with Gasteiger partial charge in [-0.25, -0.2) is 0 Å². The molecule has 1 heterocycles. The van der Waals surface area contributed by atoms with E-state index in [2.05, 4.69) is 5.10 Å². The zero-order chi connectivity index (χ0) is 13.6. The molecule has 0 aromatic carbocycles. The van der Waals surface area contributed by atoms with Gasteiger partial charge < -0.3 is 9.84 Å². The van der Waals surface area contributed by atoms with Crippen LogP contribution in [0.3, 0.4) is 0 Å². The van der Waals surface area contributed by atoms with Gasteiger partial charge in [0.25, 0.3) is 0 Å². The molecule has 2 saturated carbocycles. The lowest BCUT2D eigenvalue weighted by Gasteiger charge is -2.55. The van der Waals surface area contributed by atoms with Gasteiger partial charge in [-0.15, -0.1) is 0 Å². The van der Waals surface area contributed by atoms with Gasteiger partial charge in [-0.1, -0.05) is 19.3 Å². The number of aliphatic hydroxyl groups excluding tert-OH is 1. The van der Waals surface area contributed by atoms with Crippen LogP contribution in [0, 0.1) is 19.3 Å². The van der Waals surface area contributed by atoms with Crippen LogP contribution < -0.4 is 4.74 Å². The molecular weight excluding hydrogens is 240 g/mol. The maximum Gasteiger partial charge on any atom is 0.163 e. The Hall–Kier alpha value is -1.03. The number of ether oxygens (including phenoxy) is 1. The van der Waals surface area contributed by atoms with E-state index in [4.69, 9.17) is 4.74 Å². The van der Waals surface area contributed by atoms with Gasteiger partial charge in [0.1, 0.15) is 11.8 Å². The summed E-state index contributed by atoms with van der Waals surface area (Å²) < 4.78 is 8.12. The monoisotopic (exact) mass is 264 g/mol. The first kappa shape index (κ1) is 13.0. The first-order valence-corrected chi connectivity index (χ1v) is 7.39. The predicted octanol–water partition coefficient (Wildman–Crippen LogP) is 2.50. The highest BCUT2D eigenvalue weighted by Gasteiger charge is 2.56. The number of hydrogen-bond donors (Lipinski definition) is 1. The molecule has 0 saturated heterocycles. The molecule has 4 heteroatoms. The minimum absolute atomic E-state index is 0.0208. The van der Waals surface area contributed by atoms with Gasteiger partial charge in [-0.3, -0.25) is 4.68 Å². The van der Waals surface area contributed by atoms with Gasteiger partial charge in [0.05, 0.1) is 11.8 Å². The van der Waals surface area contributed by atoms with Crippen molar-refractivity contribution in [3.05, 3.63) is 11.4 Å². The quantitative estimate of drug-likeness (QED) is 0.892. The molecule has 2 atom stereocenters. The highest BCUT2D eigenvalue weighted by Crippen LogP contribution is 2.53. The summed E-state index contributed by atoms with van der Waals surface area (Å²) in [6.45, 7) is 4.03. The third-order valence-corrected chi connectivity index (χ3v) is 5.23. The van der Waals surface area contributed by atoms with Crippen LogP contribution in [0.1, 0.15) is 49.9 Å². The minimum Gasteiger partial charge on any atom is -0.486 e. The second kappa shape index (κ2) is 4.51. The fraction of sp³-hybridized carbons (Fsp3) is 0.800. The van der Waals surface area contributed by atoms with Crippen LogP contribution in [0.2, 0.25) is 0 Å². The topological polar surface area (TPSA) is 47.3 Å². The summed E-state index contributed by atoms with van der Waals surface area (Å²) in [5, 5.41) is 14.6. The maximum absolute atomic E-state index is 10.2. The van der Waals surface area contributed by atoms with Gasteiger partial charge in [-0.2, -0.15) is 5.10 Å². The van der Waals surface area contributed by atoms with Crippen LogP contribution in [0.25, 0.3) is 0 Å². The molecular formula is C15H24N2O2. The zero-order valence-electron chi connectivity index (χ0n) is 12.1. The van der Waals surface area contributed by atoms with Crippen LogP contribution in [0.4, 0.5) is 0 Å². The van der Waals surface area contributed by atoms with Crippen LogP contribution in [0.5, 0.6) is 5.75 Å². The third-order valence-electron chi connectivity index (χ3n) is 5.23. The first-order chi connectivity index (χ1) is 9.04. The SMILES string of the molecule is Cc1nn(C)c(C)c1OC1CC(O)C12CCCCC2. The Balaban J connectivity index is 1.80. The molecule has 2 fully saturated rings. The first-order valence-electron chi connectivity index (χ1n) is 7.39. The molecule has 2 unspecified atom stereocenters. The molecule has 1 aromatic rings. The fourth-order valence-corrected chi connectivity index (χ4v) is 3.82. The number of aromatic nitrogens is 2. The highest BCUT2D eigenvalue weighted by atomic mass is 16.5. The zero-order valence-corrected chi connectivity index (χ0v) is 12.1. The second-order valence-electron chi connectivity index (χ2n) is 6.28. The van der Waals surface area contributed by atoms with E-state index < -0.39 is 0 Å². The summed E-state index contributed by atoms with van der Waals surface area (Å²) in [6.07, 6.45) is 6.73. The largest absolute Gasteiger partial charge is 0.486 e. The molecule has 0 amide bonds. The van der Waals surface area contributed by atoms with Crippen molar-refractivity contribution in [1.82, 2.24) is 9.78 Å². The molecule has 1 N–H and O–H groups in total. The molecule has 1 aromatic heterocycles. The van der Waals surface area contributed by atoms with E-state index in [9.17, 15) is 5.11 Å². The molecule has 0 aliphatic heterocycles. The van der Waals surface area contributed by atoms with E-state index in [1.807, 2.05) is 25.6 Å². The fourth-order valence-electron chi connectivity index (χ4n) is 3.82. The Kier molecular flexibility index (Phi) is 3.08. The Bertz CT molecular complexity index is 475. The van der Waals surface area contributed by atoms with Crippen LogP contribution >= 0.6 is 0 Å². The Morgan fingerprint density at radius 3 is 2.47 bits per heavy atom. The van der Waals surface area contributed by atoms with Crippen LogP contribution in [0.15, 0.2) is 0 Å². The van der Waals surface area contributed by atoms with Gasteiger partial charge >= 0.3 is 0 Å². The van der Waals surface area contributed by atoms with Crippen molar-refractivity contribution in [3.8, 4) is 5.75 Å². The van der Waals surface area contributed by atoms with Crippen LogP contribution in [-0.4, -0.2) is 27.1 Å². The smallest absolute Gasteiger partial charge is 0.163 e. The number of nitrogens with zero attached hydrogens (tertiary/aromatic N) is 2. The molecule has 2 aliphatic carbocycles. The van der Waals surface area contributed by atoms with Gasteiger partial charge in [-0.05, 0) is 26.7 Å². The van der Waals surface area contributed by atoms with Crippen molar-refractivity contribution in [1.29, 1.82) is 0 Å². The standard InChI is InChI=1S/C15H24N2O2/c1-10-14(11(2)17(3)16-10)19-13-9-12(18)15(13)7-5-4-6-8-15/h12-13,18H,4-9H2,1-3H3. The molecule has 0 radical (unpaired) electrons. The molecule has 3 rings (SSSR count). The van der Waals surface area contributed by atoms with Crippen molar-refractivity contribution in [3.63, 3.8) is 0 Å². The summed E-state index contributed by atoms with van der Waals surface area (Å²) in [7, 11) is 1.95. The van der Waals surface area contributed by atoms with E-state index in [0.717, 1.165) is 36.4 Å². The average Bonchev–Trinajstić information content (AvgIpc) is 2.65. The van der Waals surface area contributed by atoms with Crippen molar-refractivity contribution in [2.24, 2.45) is 12.5 Å². The summed E-state index contributed by atoms with van der Waals surface area (Å²) in [5.41, 5.74) is 2.05.